The van der Waals surface area contributed by atoms with E-state index in [2.05, 4.69) is 36.0 Å². The number of hydrogen-bond acceptors (Lipinski definition) is 4. The fourth-order valence-electron chi connectivity index (χ4n) is 2.80. The van der Waals surface area contributed by atoms with Gasteiger partial charge in [-0.1, -0.05) is 13.8 Å². The molecule has 17 heavy (non-hydrogen) atoms. The lowest BCUT2D eigenvalue weighted by Gasteiger charge is -2.29. The quantitative estimate of drug-likeness (QED) is 0.646. The smallest absolute Gasteiger partial charge is 0.0597 e. The van der Waals surface area contributed by atoms with E-state index in [-0.39, 0.29) is 12.6 Å². The van der Waals surface area contributed by atoms with E-state index in [0.717, 1.165) is 26.2 Å². The molecule has 2 unspecified atom stereocenters. The van der Waals surface area contributed by atoms with Crippen molar-refractivity contribution in [1.82, 2.24) is 15.1 Å². The zero-order valence-electron chi connectivity index (χ0n) is 11.7. The summed E-state index contributed by atoms with van der Waals surface area (Å²) in [6.45, 7) is 9.94. The molecule has 1 rings (SSSR count). The minimum absolute atomic E-state index is 0.210. The van der Waals surface area contributed by atoms with E-state index in [1.165, 1.54) is 19.4 Å². The van der Waals surface area contributed by atoms with Crippen molar-refractivity contribution in [2.45, 2.75) is 38.8 Å². The van der Waals surface area contributed by atoms with E-state index in [0.29, 0.717) is 6.04 Å². The molecule has 1 heterocycles. The Hall–Kier alpha value is -0.160. The molecule has 0 amide bonds. The lowest BCUT2D eigenvalue weighted by molar-refractivity contribution is 0.164. The van der Waals surface area contributed by atoms with E-state index < -0.39 is 0 Å². The Bertz CT molecular complexity index is 201. The van der Waals surface area contributed by atoms with Gasteiger partial charge in [0.2, 0.25) is 0 Å². The highest BCUT2D eigenvalue weighted by Gasteiger charge is 2.24. The van der Waals surface area contributed by atoms with Crippen molar-refractivity contribution in [3.8, 4) is 0 Å². The SMILES string of the molecule is CCNC(CO)CN(C)CC1CCCN1CC. The van der Waals surface area contributed by atoms with Crippen molar-refractivity contribution < 1.29 is 5.11 Å². The summed E-state index contributed by atoms with van der Waals surface area (Å²) in [4.78, 5) is 4.92. The Labute approximate surface area is 106 Å². The van der Waals surface area contributed by atoms with Crippen LogP contribution >= 0.6 is 0 Å². The summed E-state index contributed by atoms with van der Waals surface area (Å²) in [6, 6.07) is 0.924. The van der Waals surface area contributed by atoms with Gasteiger partial charge in [-0.25, -0.2) is 0 Å². The maximum absolute atomic E-state index is 9.27. The van der Waals surface area contributed by atoms with Crippen molar-refractivity contribution >= 4 is 0 Å². The molecule has 102 valence electrons. The van der Waals surface area contributed by atoms with Gasteiger partial charge in [-0.2, -0.15) is 0 Å². The lowest BCUT2D eigenvalue weighted by atomic mass is 10.2. The third kappa shape index (κ3) is 4.92. The zero-order valence-corrected chi connectivity index (χ0v) is 11.7. The maximum Gasteiger partial charge on any atom is 0.0597 e. The van der Waals surface area contributed by atoms with Gasteiger partial charge in [-0.15, -0.1) is 0 Å². The van der Waals surface area contributed by atoms with Crippen molar-refractivity contribution in [2.24, 2.45) is 0 Å². The van der Waals surface area contributed by atoms with Gasteiger partial charge in [0.15, 0.2) is 0 Å². The third-order valence-corrected chi connectivity index (χ3v) is 3.67. The van der Waals surface area contributed by atoms with E-state index in [1.807, 2.05) is 0 Å². The maximum atomic E-state index is 9.27. The van der Waals surface area contributed by atoms with Crippen LogP contribution in [-0.2, 0) is 0 Å². The minimum Gasteiger partial charge on any atom is -0.395 e. The van der Waals surface area contributed by atoms with Crippen LogP contribution in [0, 0.1) is 0 Å². The Kier molecular flexibility index (Phi) is 7.04. The molecule has 1 saturated heterocycles. The largest absolute Gasteiger partial charge is 0.395 e. The highest BCUT2D eigenvalue weighted by Crippen LogP contribution is 2.17. The fraction of sp³-hybridized carbons (Fsp3) is 1.00. The van der Waals surface area contributed by atoms with Gasteiger partial charge in [-0.3, -0.25) is 4.90 Å². The average molecular weight is 243 g/mol. The number of rotatable bonds is 8. The molecular formula is C13H29N3O. The number of aliphatic hydroxyl groups is 1. The van der Waals surface area contributed by atoms with Crippen LogP contribution in [0.1, 0.15) is 26.7 Å². The Morgan fingerprint density at radius 1 is 1.47 bits per heavy atom. The normalized spacial score (nSPS) is 23.5. The number of aliphatic hydroxyl groups excluding tert-OH is 1. The predicted octanol–water partition coefficient (Wildman–Crippen LogP) is 0.373. The van der Waals surface area contributed by atoms with Crippen molar-refractivity contribution in [2.75, 3.05) is 46.4 Å². The van der Waals surface area contributed by atoms with Gasteiger partial charge < -0.3 is 15.3 Å². The summed E-state index contributed by atoms with van der Waals surface area (Å²) in [5.41, 5.74) is 0. The summed E-state index contributed by atoms with van der Waals surface area (Å²) in [6.07, 6.45) is 2.66. The Balaban J connectivity index is 2.29. The molecule has 1 aliphatic rings. The van der Waals surface area contributed by atoms with Gasteiger partial charge in [0.05, 0.1) is 6.61 Å². The standard InChI is InChI=1S/C13H29N3O/c1-4-14-12(11-17)9-15(3)10-13-7-6-8-16(13)5-2/h12-14,17H,4-11H2,1-3H3. The van der Waals surface area contributed by atoms with Crippen LogP contribution in [0.2, 0.25) is 0 Å². The summed E-state index contributed by atoms with van der Waals surface area (Å²) in [7, 11) is 2.16. The molecule has 2 N–H and O–H groups in total. The lowest BCUT2D eigenvalue weighted by Crippen LogP contribution is -2.46. The highest BCUT2D eigenvalue weighted by molar-refractivity contribution is 4.81. The molecule has 0 aromatic carbocycles. The number of likely N-dealkylation sites (tertiary alicyclic amines) is 1. The molecule has 1 aliphatic heterocycles. The minimum atomic E-state index is 0.210. The van der Waals surface area contributed by atoms with E-state index >= 15 is 0 Å². The van der Waals surface area contributed by atoms with E-state index in [9.17, 15) is 5.11 Å². The zero-order chi connectivity index (χ0) is 12.7. The molecule has 4 heteroatoms. The van der Waals surface area contributed by atoms with Crippen LogP contribution in [0.25, 0.3) is 0 Å². The molecule has 0 bridgehead atoms. The molecule has 0 aromatic heterocycles. The highest BCUT2D eigenvalue weighted by atomic mass is 16.3. The Morgan fingerprint density at radius 3 is 2.82 bits per heavy atom. The second-order valence-corrected chi connectivity index (χ2v) is 5.08. The first kappa shape index (κ1) is 14.9. The number of likely N-dealkylation sites (N-methyl/N-ethyl adjacent to an activating group) is 3. The fourth-order valence-corrected chi connectivity index (χ4v) is 2.80. The van der Waals surface area contributed by atoms with Gasteiger partial charge in [0.1, 0.15) is 0 Å². The molecule has 0 saturated carbocycles. The van der Waals surface area contributed by atoms with Crippen LogP contribution in [0.15, 0.2) is 0 Å². The van der Waals surface area contributed by atoms with Crippen molar-refractivity contribution in [3.05, 3.63) is 0 Å². The van der Waals surface area contributed by atoms with Gasteiger partial charge in [-0.05, 0) is 39.5 Å². The first-order chi connectivity index (χ1) is 8.21. The monoisotopic (exact) mass is 243 g/mol. The van der Waals surface area contributed by atoms with Gasteiger partial charge in [0, 0.05) is 25.2 Å². The topological polar surface area (TPSA) is 38.7 Å². The predicted molar refractivity (Wildman–Crippen MR) is 72.3 cm³/mol. The third-order valence-electron chi connectivity index (χ3n) is 3.67. The van der Waals surface area contributed by atoms with Crippen molar-refractivity contribution in [1.29, 1.82) is 0 Å². The first-order valence-electron chi connectivity index (χ1n) is 6.98. The number of nitrogens with one attached hydrogen (secondary N) is 1. The summed E-state index contributed by atoms with van der Waals surface area (Å²) >= 11 is 0. The first-order valence-corrected chi connectivity index (χ1v) is 6.98. The molecule has 0 spiro atoms. The van der Waals surface area contributed by atoms with Gasteiger partial charge in [0.25, 0.3) is 0 Å². The molecule has 2 atom stereocenters. The summed E-state index contributed by atoms with van der Waals surface area (Å²) in [5, 5.41) is 12.6. The van der Waals surface area contributed by atoms with Crippen LogP contribution < -0.4 is 5.32 Å². The molecule has 0 aliphatic carbocycles. The number of hydrogen-bond donors (Lipinski definition) is 2. The van der Waals surface area contributed by atoms with E-state index in [4.69, 9.17) is 0 Å². The molecule has 4 nitrogen and oxygen atoms in total. The summed E-state index contributed by atoms with van der Waals surface area (Å²) in [5.74, 6) is 0. The summed E-state index contributed by atoms with van der Waals surface area (Å²) < 4.78 is 0. The second-order valence-electron chi connectivity index (χ2n) is 5.08. The van der Waals surface area contributed by atoms with Crippen LogP contribution in [0.3, 0.4) is 0 Å². The molecule has 0 aromatic rings. The number of nitrogens with zero attached hydrogens (tertiary/aromatic N) is 2. The second kappa shape index (κ2) is 8.03. The Morgan fingerprint density at radius 2 is 2.24 bits per heavy atom. The van der Waals surface area contributed by atoms with E-state index in [1.54, 1.807) is 0 Å². The molecular weight excluding hydrogens is 214 g/mol. The van der Waals surface area contributed by atoms with Crippen molar-refractivity contribution in [3.63, 3.8) is 0 Å². The van der Waals surface area contributed by atoms with Gasteiger partial charge >= 0.3 is 0 Å². The van der Waals surface area contributed by atoms with Crippen LogP contribution in [0.4, 0.5) is 0 Å². The molecule has 1 fully saturated rings. The average Bonchev–Trinajstić information content (AvgIpc) is 2.75. The van der Waals surface area contributed by atoms with Crippen LogP contribution in [0.5, 0.6) is 0 Å². The van der Waals surface area contributed by atoms with Crippen LogP contribution in [-0.4, -0.2) is 73.4 Å². The molecule has 0 radical (unpaired) electrons.